The molecule has 0 aliphatic heterocycles. The Morgan fingerprint density at radius 2 is 0.365 bits per heavy atom. The number of ether oxygens (including phenoxy) is 3. The molecule has 0 N–H and O–H groups in total. The minimum absolute atomic E-state index is 0.222. The van der Waals surface area contributed by atoms with Crippen molar-refractivity contribution in [1.82, 2.24) is 0 Å². The van der Waals surface area contributed by atoms with Crippen LogP contribution in [0.2, 0.25) is 0 Å². The molecule has 3 atom stereocenters. The molecular formula is C105H183O9P. The molecule has 10 heteroatoms. The minimum atomic E-state index is -2.43. The lowest BCUT2D eigenvalue weighted by Gasteiger charge is -2.36. The van der Waals surface area contributed by atoms with Gasteiger partial charge in [0.15, 0.2) is 0 Å². The second-order valence-corrected chi connectivity index (χ2v) is 42.4. The Kier molecular flexibility index (Phi) is 51.6. The number of hydrogen-bond donors (Lipinski definition) is 0. The van der Waals surface area contributed by atoms with Gasteiger partial charge in [0.1, 0.15) is 17.2 Å². The van der Waals surface area contributed by atoms with Crippen molar-refractivity contribution in [2.75, 3.05) is 19.8 Å². The molecule has 0 heterocycles. The molecule has 0 saturated heterocycles. The molecule has 0 spiro atoms. The fraction of sp³-hybridized carbons (Fsp3) is 0.800. The average Bonchev–Trinajstić information content (AvgIpc) is 0.755. The highest BCUT2D eigenvalue weighted by Gasteiger charge is 2.40. The summed E-state index contributed by atoms with van der Waals surface area (Å²) in [6.07, 6.45) is 62.0. The van der Waals surface area contributed by atoms with Gasteiger partial charge < -0.3 is 27.8 Å². The third-order valence-corrected chi connectivity index (χ3v) is 25.0. The van der Waals surface area contributed by atoms with E-state index in [2.05, 4.69) is 182 Å². The third kappa shape index (κ3) is 42.8. The number of unbranched alkanes of at least 4 members (excludes halogenated alkanes) is 45. The van der Waals surface area contributed by atoms with Crippen LogP contribution in [-0.2, 0) is 61.1 Å². The Morgan fingerprint density at radius 1 is 0.235 bits per heavy atom. The van der Waals surface area contributed by atoms with Crippen molar-refractivity contribution in [2.24, 2.45) is 0 Å². The van der Waals surface area contributed by atoms with E-state index in [0.717, 1.165) is 108 Å². The van der Waals surface area contributed by atoms with Crippen molar-refractivity contribution in [3.63, 3.8) is 0 Å². The van der Waals surface area contributed by atoms with Crippen LogP contribution in [0.25, 0.3) is 0 Å². The first-order chi connectivity index (χ1) is 54.4. The van der Waals surface area contributed by atoms with Crippen LogP contribution in [0.5, 0.6) is 17.2 Å². The standard InChI is InChI=1S/C105H183O9P/c1-25-28-31-34-37-40-43-46-49-52-55-58-61-64-67-70-73-109-97(106)82(4)85-76-88(100(7,8)9)94(89(77-85)101(10,11)12)112-115(113-95-90(102(13,14)15)78-86(79-91(95)103(16,17)18)83(5)98(107)110-74-71-68-65-62-59-56-53-50-47-44-41-38-35-32-29-26-2)114-96-92(104(19,20)21)80-87(81-93(96)105(22,23)24)84(6)99(108)111-75-72-69-66-63-60-57-54-51-48-45-42-39-36-33-30-27-3/h76-84H,25-75H2,1-24H3. The summed E-state index contributed by atoms with van der Waals surface area (Å²) < 4.78 is 41.8. The molecule has 0 aliphatic rings. The van der Waals surface area contributed by atoms with Crippen molar-refractivity contribution in [3.8, 4) is 17.2 Å². The molecular weight excluding hydrogens is 1440 g/mol. The number of rotatable bonds is 63. The van der Waals surface area contributed by atoms with Gasteiger partial charge in [0.25, 0.3) is 0 Å². The summed E-state index contributed by atoms with van der Waals surface area (Å²) in [7, 11) is -2.43. The lowest BCUT2D eigenvalue weighted by molar-refractivity contribution is -0.146. The SMILES string of the molecule is CCCCCCCCCCCCCCCCCCOC(=O)C(C)c1cc(C(C)(C)C)c(OP(Oc2c(C(C)(C)C)cc(C(C)C(=O)OCCCCCCCCCCCCCCCCCC)cc2C(C)(C)C)Oc2c(C(C)(C)C)cc(C(C)C(=O)OCCCCCCCCCCCCCCCCCC)cc2C(C)(C)C)c(C(C)(C)C)c1. The van der Waals surface area contributed by atoms with Crippen LogP contribution in [0.1, 0.15) is 542 Å². The Balaban J connectivity index is 2.06. The van der Waals surface area contributed by atoms with E-state index in [1.165, 1.54) is 250 Å². The molecule has 9 nitrogen and oxygen atoms in total. The van der Waals surface area contributed by atoms with Gasteiger partial charge in [0.05, 0.1) is 37.6 Å². The number of carbonyl (C=O) groups is 3. The monoisotopic (exact) mass is 1620 g/mol. The summed E-state index contributed by atoms with van der Waals surface area (Å²) in [6.45, 7) is 53.8. The van der Waals surface area contributed by atoms with Crippen molar-refractivity contribution in [3.05, 3.63) is 86.5 Å². The van der Waals surface area contributed by atoms with Crippen LogP contribution < -0.4 is 13.6 Å². The van der Waals surface area contributed by atoms with Gasteiger partial charge in [-0.05, 0) is 89.2 Å². The van der Waals surface area contributed by atoms with Crippen LogP contribution in [0, 0.1) is 0 Å². The molecule has 3 aromatic rings. The van der Waals surface area contributed by atoms with Crippen LogP contribution in [0.4, 0.5) is 0 Å². The first kappa shape index (κ1) is 105. The summed E-state index contributed by atoms with van der Waals surface area (Å²) in [5.74, 6) is -0.305. The zero-order chi connectivity index (χ0) is 85.5. The maximum atomic E-state index is 14.3. The molecule has 662 valence electrons. The van der Waals surface area contributed by atoms with Gasteiger partial charge in [0, 0.05) is 33.4 Å². The van der Waals surface area contributed by atoms with Crippen molar-refractivity contribution < 1.29 is 42.2 Å². The zero-order valence-electron chi connectivity index (χ0n) is 79.9. The predicted molar refractivity (Wildman–Crippen MR) is 497 cm³/mol. The Bertz CT molecular complexity index is 2660. The van der Waals surface area contributed by atoms with E-state index in [1.54, 1.807) is 0 Å². The van der Waals surface area contributed by atoms with Gasteiger partial charge >= 0.3 is 26.5 Å². The summed E-state index contributed by atoms with van der Waals surface area (Å²) in [5.41, 5.74) is 5.28. The van der Waals surface area contributed by atoms with E-state index in [0.29, 0.717) is 37.1 Å². The van der Waals surface area contributed by atoms with E-state index in [-0.39, 0.29) is 17.9 Å². The molecule has 115 heavy (non-hydrogen) atoms. The Hall–Kier alpha value is -4.10. The molecule has 0 bridgehead atoms. The fourth-order valence-electron chi connectivity index (χ4n) is 15.9. The van der Waals surface area contributed by atoms with E-state index in [9.17, 15) is 14.4 Å². The lowest BCUT2D eigenvalue weighted by atomic mass is 9.77. The van der Waals surface area contributed by atoms with E-state index in [4.69, 9.17) is 27.8 Å². The van der Waals surface area contributed by atoms with Crippen molar-refractivity contribution in [2.45, 2.75) is 525 Å². The van der Waals surface area contributed by atoms with E-state index < -0.39 is 58.8 Å². The Morgan fingerprint density at radius 3 is 0.496 bits per heavy atom. The third-order valence-electron chi connectivity index (χ3n) is 24.0. The number of hydrogen-bond acceptors (Lipinski definition) is 9. The summed E-state index contributed by atoms with van der Waals surface area (Å²) >= 11 is 0. The quantitative estimate of drug-likeness (QED) is 0.0236. The van der Waals surface area contributed by atoms with Crippen LogP contribution in [0.3, 0.4) is 0 Å². The summed E-state index contributed by atoms with van der Waals surface area (Å²) in [6, 6.07) is 13.0. The molecule has 3 rings (SSSR count). The molecule has 0 aromatic heterocycles. The van der Waals surface area contributed by atoms with E-state index in [1.807, 2.05) is 20.8 Å². The lowest BCUT2D eigenvalue weighted by Crippen LogP contribution is -2.25. The predicted octanol–water partition coefficient (Wildman–Crippen LogP) is 34.0. The maximum absolute atomic E-state index is 14.3. The van der Waals surface area contributed by atoms with Gasteiger partial charge in [-0.3, -0.25) is 14.4 Å². The highest BCUT2D eigenvalue weighted by molar-refractivity contribution is 7.43. The molecule has 3 aromatic carbocycles. The molecule has 0 amide bonds. The van der Waals surface area contributed by atoms with Crippen LogP contribution >= 0.6 is 8.60 Å². The van der Waals surface area contributed by atoms with Gasteiger partial charge in [-0.1, -0.05) is 471 Å². The van der Waals surface area contributed by atoms with Crippen molar-refractivity contribution >= 4 is 26.5 Å². The average molecular weight is 1620 g/mol. The van der Waals surface area contributed by atoms with Gasteiger partial charge in [-0.25, -0.2) is 0 Å². The molecule has 0 radical (unpaired) electrons. The van der Waals surface area contributed by atoms with Crippen LogP contribution in [-0.4, -0.2) is 37.7 Å². The van der Waals surface area contributed by atoms with Gasteiger partial charge in [-0.2, -0.15) is 0 Å². The summed E-state index contributed by atoms with van der Waals surface area (Å²) in [4.78, 5) is 43.0. The second-order valence-electron chi connectivity index (χ2n) is 41.4. The highest BCUT2D eigenvalue weighted by atomic mass is 31.2. The van der Waals surface area contributed by atoms with Crippen molar-refractivity contribution in [1.29, 1.82) is 0 Å². The number of benzene rings is 3. The molecule has 0 saturated carbocycles. The highest BCUT2D eigenvalue weighted by Crippen LogP contribution is 2.56. The maximum Gasteiger partial charge on any atom is 0.530 e. The molecule has 0 aliphatic carbocycles. The van der Waals surface area contributed by atoms with Gasteiger partial charge in [-0.15, -0.1) is 0 Å². The smallest absolute Gasteiger partial charge is 0.465 e. The minimum Gasteiger partial charge on any atom is -0.465 e. The first-order valence-corrected chi connectivity index (χ1v) is 49.4. The number of carbonyl (C=O) groups excluding carboxylic acids is 3. The van der Waals surface area contributed by atoms with E-state index >= 15 is 0 Å². The topological polar surface area (TPSA) is 107 Å². The normalized spacial score (nSPS) is 13.6. The zero-order valence-corrected chi connectivity index (χ0v) is 80.8. The number of esters is 3. The van der Waals surface area contributed by atoms with Gasteiger partial charge in [0.2, 0.25) is 0 Å². The first-order valence-electron chi connectivity index (χ1n) is 48.3. The summed E-state index contributed by atoms with van der Waals surface area (Å²) in [5, 5.41) is 0. The fourth-order valence-corrected chi connectivity index (χ4v) is 17.0. The molecule has 3 unspecified atom stereocenters. The second kappa shape index (κ2) is 56.5. The Labute approximate surface area is 712 Å². The largest absolute Gasteiger partial charge is 0.530 e. The molecule has 0 fully saturated rings. The van der Waals surface area contributed by atoms with Crippen LogP contribution in [0.15, 0.2) is 36.4 Å².